The van der Waals surface area contributed by atoms with Crippen molar-refractivity contribution in [3.63, 3.8) is 0 Å². The maximum Gasteiger partial charge on any atom is 0.418 e. The van der Waals surface area contributed by atoms with Crippen LogP contribution in [0.3, 0.4) is 0 Å². The molecule has 3 aromatic rings. The number of nitrogens with zero attached hydrogens (tertiary/aromatic N) is 2. The van der Waals surface area contributed by atoms with Gasteiger partial charge in [-0.1, -0.05) is 18.2 Å². The van der Waals surface area contributed by atoms with Gasteiger partial charge in [0.25, 0.3) is 0 Å². The summed E-state index contributed by atoms with van der Waals surface area (Å²) in [5, 5.41) is 0.197. The van der Waals surface area contributed by atoms with Gasteiger partial charge in [0.05, 0.1) is 22.5 Å². The fourth-order valence-corrected chi connectivity index (χ4v) is 2.11. The molecule has 1 aromatic carbocycles. The molecule has 2 heterocycles. The summed E-state index contributed by atoms with van der Waals surface area (Å²) in [5.41, 5.74) is -1.57. The maximum atomic E-state index is 13.0. The van der Waals surface area contributed by atoms with E-state index in [-0.39, 0.29) is 16.6 Å². The number of para-hydroxylation sites is 1. The van der Waals surface area contributed by atoms with Crippen LogP contribution in [0.15, 0.2) is 47.4 Å². The van der Waals surface area contributed by atoms with E-state index in [2.05, 4.69) is 15.0 Å². The van der Waals surface area contributed by atoms with E-state index >= 15 is 0 Å². The molecular weight excluding hydrogens is 283 g/mol. The van der Waals surface area contributed by atoms with Gasteiger partial charge in [-0.2, -0.15) is 18.2 Å². The smallest absolute Gasteiger partial charge is 0.303 e. The first-order valence-electron chi connectivity index (χ1n) is 5.98. The molecule has 0 fully saturated rings. The molecule has 0 saturated carbocycles. The lowest BCUT2D eigenvalue weighted by molar-refractivity contribution is -0.136. The third kappa shape index (κ3) is 2.37. The van der Waals surface area contributed by atoms with E-state index in [0.29, 0.717) is 5.69 Å². The Morgan fingerprint density at radius 3 is 2.52 bits per heavy atom. The molecule has 0 bridgehead atoms. The van der Waals surface area contributed by atoms with Crippen LogP contribution in [0.4, 0.5) is 13.2 Å². The van der Waals surface area contributed by atoms with Gasteiger partial charge in [-0.05, 0) is 18.2 Å². The number of aromatic nitrogens is 3. The van der Waals surface area contributed by atoms with E-state index in [1.807, 2.05) is 0 Å². The van der Waals surface area contributed by atoms with Crippen LogP contribution in [0, 0.1) is 0 Å². The van der Waals surface area contributed by atoms with Crippen molar-refractivity contribution in [3.05, 3.63) is 58.6 Å². The minimum atomic E-state index is -4.58. The van der Waals surface area contributed by atoms with Crippen LogP contribution >= 0.6 is 0 Å². The van der Waals surface area contributed by atoms with Gasteiger partial charge < -0.3 is 4.98 Å². The van der Waals surface area contributed by atoms with Crippen LogP contribution < -0.4 is 5.69 Å². The van der Waals surface area contributed by atoms with Gasteiger partial charge in [0, 0.05) is 11.6 Å². The summed E-state index contributed by atoms with van der Waals surface area (Å²) < 4.78 is 39.0. The highest BCUT2D eigenvalue weighted by Crippen LogP contribution is 2.35. The fraction of sp³-hybridized carbons (Fsp3) is 0.0714. The molecule has 0 aliphatic heterocycles. The van der Waals surface area contributed by atoms with Gasteiger partial charge >= 0.3 is 11.9 Å². The number of pyridine rings is 1. The first-order chi connectivity index (χ1) is 9.97. The lowest BCUT2D eigenvalue weighted by atomic mass is 10.1. The fourth-order valence-electron chi connectivity index (χ4n) is 2.11. The number of H-pyrrole nitrogens is 1. The number of aromatic amines is 1. The summed E-state index contributed by atoms with van der Waals surface area (Å²) in [6, 6.07) is 8.60. The van der Waals surface area contributed by atoms with Gasteiger partial charge in [-0.15, -0.1) is 0 Å². The summed E-state index contributed by atoms with van der Waals surface area (Å²) in [6.07, 6.45) is -3.09. The van der Waals surface area contributed by atoms with Crippen LogP contribution in [0.25, 0.3) is 22.3 Å². The summed E-state index contributed by atoms with van der Waals surface area (Å²) in [4.78, 5) is 21.6. The Balaban J connectivity index is 2.41. The number of alkyl halides is 3. The molecule has 0 atom stereocenters. The average Bonchev–Trinajstić information content (AvgIpc) is 2.45. The topological polar surface area (TPSA) is 58.6 Å². The zero-order valence-corrected chi connectivity index (χ0v) is 10.5. The van der Waals surface area contributed by atoms with E-state index in [4.69, 9.17) is 0 Å². The van der Waals surface area contributed by atoms with Gasteiger partial charge in [-0.3, -0.25) is 4.98 Å². The van der Waals surface area contributed by atoms with Crippen molar-refractivity contribution in [2.75, 3.05) is 0 Å². The van der Waals surface area contributed by atoms with Gasteiger partial charge in [0.2, 0.25) is 0 Å². The Kier molecular flexibility index (Phi) is 2.97. The minimum absolute atomic E-state index is 0.197. The van der Waals surface area contributed by atoms with Gasteiger partial charge in [-0.25, -0.2) is 4.79 Å². The van der Waals surface area contributed by atoms with Gasteiger partial charge in [0.15, 0.2) is 0 Å². The lowest BCUT2D eigenvalue weighted by Gasteiger charge is -2.11. The molecule has 0 aliphatic rings. The Hall–Kier alpha value is -2.70. The standard InChI is InChI=1S/C14H8F3N3O/c15-14(16,17)9-5-3-4-8-11(9)19-13(21)20-12(8)10-6-1-2-7-18-10/h1-7H,(H,19,20,21). The first-order valence-corrected chi connectivity index (χ1v) is 5.98. The van der Waals surface area contributed by atoms with Crippen molar-refractivity contribution in [3.8, 4) is 11.4 Å². The molecule has 2 aromatic heterocycles. The SMILES string of the molecule is O=c1nc2c(C(F)(F)F)cccc2c(-c2ccccn2)[nH]1. The minimum Gasteiger partial charge on any atom is -0.303 e. The number of halogens is 3. The number of hydrogen-bond acceptors (Lipinski definition) is 3. The predicted molar refractivity (Wildman–Crippen MR) is 70.6 cm³/mol. The number of fused-ring (bicyclic) bond motifs is 1. The molecule has 1 N–H and O–H groups in total. The van der Waals surface area contributed by atoms with E-state index in [1.54, 1.807) is 18.2 Å². The van der Waals surface area contributed by atoms with E-state index in [1.165, 1.54) is 18.3 Å². The van der Waals surface area contributed by atoms with Crippen molar-refractivity contribution in [2.45, 2.75) is 6.18 Å². The quantitative estimate of drug-likeness (QED) is 0.749. The third-order valence-corrected chi connectivity index (χ3v) is 2.98. The van der Waals surface area contributed by atoms with E-state index in [9.17, 15) is 18.0 Å². The summed E-state index contributed by atoms with van der Waals surface area (Å²) >= 11 is 0. The average molecular weight is 291 g/mol. The van der Waals surface area contributed by atoms with Crippen molar-refractivity contribution >= 4 is 10.9 Å². The molecule has 3 rings (SSSR count). The molecule has 21 heavy (non-hydrogen) atoms. The van der Waals surface area contributed by atoms with Crippen LogP contribution in [-0.4, -0.2) is 15.0 Å². The largest absolute Gasteiger partial charge is 0.418 e. The molecule has 0 aliphatic carbocycles. The van der Waals surface area contributed by atoms with Crippen LogP contribution in [0.1, 0.15) is 5.56 Å². The zero-order chi connectivity index (χ0) is 15.0. The monoisotopic (exact) mass is 291 g/mol. The number of benzene rings is 1. The molecule has 0 unspecified atom stereocenters. The maximum absolute atomic E-state index is 13.0. The normalized spacial score (nSPS) is 11.8. The van der Waals surface area contributed by atoms with Crippen molar-refractivity contribution < 1.29 is 13.2 Å². The summed E-state index contributed by atoms with van der Waals surface area (Å²) in [7, 11) is 0. The Bertz CT molecular complexity index is 857. The predicted octanol–water partition coefficient (Wildman–Crippen LogP) is 3.00. The number of nitrogens with one attached hydrogen (secondary N) is 1. The number of hydrogen-bond donors (Lipinski definition) is 1. The van der Waals surface area contributed by atoms with Crippen LogP contribution in [-0.2, 0) is 6.18 Å². The van der Waals surface area contributed by atoms with Gasteiger partial charge in [0.1, 0.15) is 0 Å². The second-order valence-electron chi connectivity index (χ2n) is 4.33. The highest BCUT2D eigenvalue weighted by atomic mass is 19.4. The molecule has 0 radical (unpaired) electrons. The van der Waals surface area contributed by atoms with Crippen molar-refractivity contribution in [2.24, 2.45) is 0 Å². The highest BCUT2D eigenvalue weighted by Gasteiger charge is 2.33. The van der Waals surface area contributed by atoms with Crippen molar-refractivity contribution in [1.82, 2.24) is 15.0 Å². The summed E-state index contributed by atoms with van der Waals surface area (Å²) in [5.74, 6) is 0. The first kappa shape index (κ1) is 13.3. The molecule has 106 valence electrons. The lowest BCUT2D eigenvalue weighted by Crippen LogP contribution is -2.15. The highest BCUT2D eigenvalue weighted by molar-refractivity contribution is 5.93. The molecule has 4 nitrogen and oxygen atoms in total. The molecule has 0 amide bonds. The second-order valence-corrected chi connectivity index (χ2v) is 4.33. The van der Waals surface area contributed by atoms with Crippen LogP contribution in [0.2, 0.25) is 0 Å². The third-order valence-electron chi connectivity index (χ3n) is 2.98. The molecule has 0 spiro atoms. The molecule has 0 saturated heterocycles. The molecule has 7 heteroatoms. The van der Waals surface area contributed by atoms with E-state index < -0.39 is 17.4 Å². The van der Waals surface area contributed by atoms with Crippen LogP contribution in [0.5, 0.6) is 0 Å². The zero-order valence-electron chi connectivity index (χ0n) is 10.5. The van der Waals surface area contributed by atoms with E-state index in [0.717, 1.165) is 6.07 Å². The molecular formula is C14H8F3N3O. The Morgan fingerprint density at radius 2 is 1.86 bits per heavy atom. The summed E-state index contributed by atoms with van der Waals surface area (Å²) in [6.45, 7) is 0. The Morgan fingerprint density at radius 1 is 1.05 bits per heavy atom. The Labute approximate surface area is 116 Å². The second kappa shape index (κ2) is 4.69. The van der Waals surface area contributed by atoms with Crippen molar-refractivity contribution in [1.29, 1.82) is 0 Å². The number of rotatable bonds is 1.